The fourth-order valence-electron chi connectivity index (χ4n) is 7.70. The van der Waals surface area contributed by atoms with Crippen molar-refractivity contribution in [2.45, 2.75) is 139 Å². The zero-order valence-electron chi connectivity index (χ0n) is 24.1. The van der Waals surface area contributed by atoms with Gasteiger partial charge >= 0.3 is 0 Å². The summed E-state index contributed by atoms with van der Waals surface area (Å²) in [6.07, 6.45) is 27.5. The molecule has 0 aromatic heterocycles. The monoisotopic (exact) mass is 541 g/mol. The molecule has 206 valence electrons. The molecule has 0 saturated heterocycles. The molecule has 0 spiro atoms. The van der Waals surface area contributed by atoms with Crippen LogP contribution in [0.25, 0.3) is 0 Å². The van der Waals surface area contributed by atoms with Gasteiger partial charge in [-0.1, -0.05) is 56.2 Å². The second-order valence-electron chi connectivity index (χ2n) is 13.0. The maximum absolute atomic E-state index is 6.70. The summed E-state index contributed by atoms with van der Waals surface area (Å²) in [4.78, 5) is 0. The lowest BCUT2D eigenvalue weighted by molar-refractivity contribution is 0.0646. The number of hydrogen-bond acceptors (Lipinski definition) is 2. The second-order valence-corrected chi connectivity index (χ2v) is 22.0. The molecule has 0 radical (unpaired) electrons. The van der Waals surface area contributed by atoms with Gasteiger partial charge in [0.15, 0.2) is 0 Å². The molecule has 37 heavy (non-hydrogen) atoms. The van der Waals surface area contributed by atoms with Crippen molar-refractivity contribution in [2.24, 2.45) is 0 Å². The highest BCUT2D eigenvalue weighted by molar-refractivity contribution is 7.78. The van der Waals surface area contributed by atoms with E-state index in [9.17, 15) is 0 Å². The lowest BCUT2D eigenvalue weighted by Gasteiger charge is -2.48. The molecule has 1 unspecified atom stereocenters. The molecule has 3 saturated carbocycles. The molecular weight excluding hydrogens is 487 g/mol. The predicted octanol–water partition coefficient (Wildman–Crippen LogP) is 10.6. The zero-order valence-corrected chi connectivity index (χ0v) is 26.0. The molecule has 0 aliphatic heterocycles. The molecule has 0 N–H and O–H groups in total. The van der Waals surface area contributed by atoms with E-state index in [0.29, 0.717) is 0 Å². The lowest BCUT2D eigenvalue weighted by Crippen LogP contribution is -2.37. The first kappa shape index (κ1) is 28.9. The van der Waals surface area contributed by atoms with Crippen LogP contribution in [0.3, 0.4) is 0 Å². The first-order valence-corrected chi connectivity index (χ1v) is 21.1. The standard InChI is InChI=1S/C33H54O2PSi/c1-5-32(28-18-10-6-11-19-28)34-33(35-37(2,3)4)26-27-36(29-20-12-7-13-21-29,30-22-14-8-15-23-30)31-24-16-9-17-25-31/h5-6,10-11,18-19,26,29-32H,1,7-9,12-17,20-25,27H2,2-4H3/q+1/b33-26-. The van der Waals surface area contributed by atoms with Crippen molar-refractivity contribution < 1.29 is 9.16 Å². The molecule has 3 fully saturated rings. The van der Waals surface area contributed by atoms with Crippen LogP contribution in [-0.4, -0.2) is 31.5 Å². The summed E-state index contributed by atoms with van der Waals surface area (Å²) in [5.41, 5.74) is 4.07. The van der Waals surface area contributed by atoms with E-state index in [1.54, 1.807) is 0 Å². The molecule has 4 rings (SSSR count). The highest BCUT2D eigenvalue weighted by Gasteiger charge is 2.56. The number of hydrogen-bond donors (Lipinski definition) is 0. The molecule has 1 atom stereocenters. The van der Waals surface area contributed by atoms with Crippen molar-refractivity contribution in [1.29, 1.82) is 0 Å². The summed E-state index contributed by atoms with van der Waals surface area (Å²) >= 11 is 0. The van der Waals surface area contributed by atoms with Crippen LogP contribution in [-0.2, 0) is 9.16 Å². The van der Waals surface area contributed by atoms with Gasteiger partial charge in [0.25, 0.3) is 5.95 Å². The quantitative estimate of drug-likeness (QED) is 0.120. The van der Waals surface area contributed by atoms with Crippen molar-refractivity contribution in [3.05, 3.63) is 60.6 Å². The third-order valence-corrected chi connectivity index (χ3v) is 16.6. The van der Waals surface area contributed by atoms with E-state index in [4.69, 9.17) is 9.16 Å². The molecule has 4 heteroatoms. The first-order valence-electron chi connectivity index (χ1n) is 15.5. The van der Waals surface area contributed by atoms with Crippen LogP contribution in [0.1, 0.15) is 108 Å². The van der Waals surface area contributed by atoms with E-state index in [1.807, 2.05) is 6.08 Å². The topological polar surface area (TPSA) is 18.5 Å². The SMILES string of the molecule is C=CC(O/C(=C/C[P+](C1CCCCC1)(C1CCCCC1)C1CCCCC1)O[Si](C)(C)C)c1ccccc1. The summed E-state index contributed by atoms with van der Waals surface area (Å²) in [5, 5.41) is 0. The van der Waals surface area contributed by atoms with Crippen molar-refractivity contribution in [2.75, 3.05) is 6.16 Å². The van der Waals surface area contributed by atoms with Gasteiger partial charge in [0.2, 0.25) is 8.32 Å². The third kappa shape index (κ3) is 7.75. The van der Waals surface area contributed by atoms with Gasteiger partial charge in [-0.05, 0) is 108 Å². The molecule has 0 bridgehead atoms. The Bertz CT molecular complexity index is 797. The normalized spacial score (nSPS) is 22.4. The largest absolute Gasteiger partial charge is 0.520 e. The minimum atomic E-state index is -1.83. The van der Waals surface area contributed by atoms with E-state index in [0.717, 1.165) is 28.5 Å². The highest BCUT2D eigenvalue weighted by atomic mass is 31.2. The van der Waals surface area contributed by atoms with E-state index in [1.165, 1.54) is 102 Å². The van der Waals surface area contributed by atoms with Crippen molar-refractivity contribution in [3.63, 3.8) is 0 Å². The van der Waals surface area contributed by atoms with Gasteiger partial charge in [-0.15, -0.1) is 0 Å². The van der Waals surface area contributed by atoms with Gasteiger partial charge < -0.3 is 9.16 Å². The zero-order chi connectivity index (χ0) is 26.1. The van der Waals surface area contributed by atoms with Crippen LogP contribution in [0.2, 0.25) is 19.6 Å². The Kier molecular flexibility index (Phi) is 10.8. The molecule has 3 aliphatic rings. The van der Waals surface area contributed by atoms with E-state index >= 15 is 0 Å². The summed E-state index contributed by atoms with van der Waals surface area (Å²) < 4.78 is 13.4. The lowest BCUT2D eigenvalue weighted by atomic mass is 9.99. The summed E-state index contributed by atoms with van der Waals surface area (Å²) in [7, 11) is -3.04. The maximum Gasteiger partial charge on any atom is 0.265 e. The molecule has 1 aromatic carbocycles. The fourth-order valence-corrected chi connectivity index (χ4v) is 15.6. The van der Waals surface area contributed by atoms with Crippen LogP contribution < -0.4 is 0 Å². The van der Waals surface area contributed by atoms with E-state index in [2.05, 4.69) is 62.6 Å². The van der Waals surface area contributed by atoms with Gasteiger partial charge in [-0.3, -0.25) is 0 Å². The van der Waals surface area contributed by atoms with Gasteiger partial charge in [-0.2, -0.15) is 0 Å². The van der Waals surface area contributed by atoms with E-state index in [-0.39, 0.29) is 6.10 Å². The minimum Gasteiger partial charge on any atom is -0.520 e. The van der Waals surface area contributed by atoms with Crippen molar-refractivity contribution in [1.82, 2.24) is 0 Å². The maximum atomic E-state index is 6.70. The molecule has 0 heterocycles. The average molecular weight is 542 g/mol. The Morgan fingerprint density at radius 3 is 1.68 bits per heavy atom. The average Bonchev–Trinajstić information content (AvgIpc) is 2.93. The highest BCUT2D eigenvalue weighted by Crippen LogP contribution is 2.77. The molecule has 3 aliphatic carbocycles. The van der Waals surface area contributed by atoms with E-state index < -0.39 is 15.6 Å². The number of ether oxygens (including phenoxy) is 1. The number of allylic oxidation sites excluding steroid dienone is 1. The molecule has 1 aromatic rings. The number of rotatable bonds is 11. The van der Waals surface area contributed by atoms with Crippen LogP contribution >= 0.6 is 7.26 Å². The summed E-state index contributed by atoms with van der Waals surface area (Å²) in [6.45, 7) is 11.0. The molecular formula is C33H54O2PSi+. The molecule has 2 nitrogen and oxygen atoms in total. The Morgan fingerprint density at radius 1 is 0.811 bits per heavy atom. The second kappa shape index (κ2) is 13.8. The summed E-state index contributed by atoms with van der Waals surface area (Å²) in [5.74, 6) is 0.791. The Hall–Kier alpha value is -1.05. The van der Waals surface area contributed by atoms with Crippen molar-refractivity contribution >= 4 is 15.6 Å². The summed E-state index contributed by atoms with van der Waals surface area (Å²) in [6, 6.07) is 10.5. The Balaban J connectivity index is 1.70. The van der Waals surface area contributed by atoms with Crippen LogP contribution in [0.4, 0.5) is 0 Å². The van der Waals surface area contributed by atoms with Crippen molar-refractivity contribution in [3.8, 4) is 0 Å². The van der Waals surface area contributed by atoms with Crippen LogP contribution in [0.5, 0.6) is 0 Å². The Labute approximate surface area is 230 Å². The van der Waals surface area contributed by atoms with Crippen LogP contribution in [0.15, 0.2) is 55.0 Å². The third-order valence-electron chi connectivity index (χ3n) is 9.33. The van der Waals surface area contributed by atoms with Gasteiger partial charge in [0.05, 0.1) is 23.1 Å². The van der Waals surface area contributed by atoms with Gasteiger partial charge in [-0.25, -0.2) is 0 Å². The van der Waals surface area contributed by atoms with Crippen LogP contribution in [0, 0.1) is 0 Å². The fraction of sp³-hybridized carbons (Fsp3) is 0.697. The van der Waals surface area contributed by atoms with Gasteiger partial charge in [0.1, 0.15) is 6.10 Å². The van der Waals surface area contributed by atoms with Gasteiger partial charge in [0, 0.05) is 13.3 Å². The minimum absolute atomic E-state index is 0.171. The predicted molar refractivity (Wildman–Crippen MR) is 165 cm³/mol. The smallest absolute Gasteiger partial charge is 0.265 e. The molecule has 0 amide bonds. The Morgan fingerprint density at radius 2 is 1.27 bits per heavy atom. The first-order chi connectivity index (χ1) is 17.9. The number of benzene rings is 1.